The molecule has 1 saturated heterocycles. The summed E-state index contributed by atoms with van der Waals surface area (Å²) in [5.41, 5.74) is 3.51. The van der Waals surface area contributed by atoms with Crippen LogP contribution in [0.3, 0.4) is 0 Å². The van der Waals surface area contributed by atoms with Crippen molar-refractivity contribution in [3.05, 3.63) is 59.2 Å². The average molecular weight is 368 g/mol. The molecule has 0 aliphatic carbocycles. The van der Waals surface area contributed by atoms with Gasteiger partial charge in [0, 0.05) is 44.4 Å². The summed E-state index contributed by atoms with van der Waals surface area (Å²) >= 11 is 0. The van der Waals surface area contributed by atoms with E-state index in [0.29, 0.717) is 12.2 Å². The Morgan fingerprint density at radius 2 is 1.78 bits per heavy atom. The first-order valence-electron chi connectivity index (χ1n) is 9.35. The maximum atomic E-state index is 12.7. The van der Waals surface area contributed by atoms with Gasteiger partial charge in [-0.2, -0.15) is 0 Å². The number of hydrogen-bond donors (Lipinski definition) is 0. The average Bonchev–Trinajstić information content (AvgIpc) is 2.69. The van der Waals surface area contributed by atoms with Crippen LogP contribution in [-0.2, 0) is 17.8 Å². The second-order valence-corrected chi connectivity index (χ2v) is 7.00. The number of aryl methyl sites for hydroxylation is 1. The SMILES string of the molecule is COc1ccc(CC(=O)N2CCN(Cc3cccc(C)c3)CC2)c(OC)c1. The third kappa shape index (κ3) is 5.01. The molecule has 0 atom stereocenters. The van der Waals surface area contributed by atoms with E-state index in [2.05, 4.69) is 36.1 Å². The molecule has 1 aliphatic rings. The van der Waals surface area contributed by atoms with E-state index in [1.807, 2.05) is 23.1 Å². The maximum Gasteiger partial charge on any atom is 0.227 e. The molecule has 1 fully saturated rings. The number of benzene rings is 2. The molecule has 5 heteroatoms. The lowest BCUT2D eigenvalue weighted by Crippen LogP contribution is -2.48. The summed E-state index contributed by atoms with van der Waals surface area (Å²) in [6, 6.07) is 14.2. The van der Waals surface area contributed by atoms with Crippen LogP contribution < -0.4 is 9.47 Å². The Labute approximate surface area is 161 Å². The van der Waals surface area contributed by atoms with Crippen molar-refractivity contribution in [3.63, 3.8) is 0 Å². The highest BCUT2D eigenvalue weighted by Crippen LogP contribution is 2.25. The van der Waals surface area contributed by atoms with Crippen LogP contribution in [0.25, 0.3) is 0 Å². The summed E-state index contributed by atoms with van der Waals surface area (Å²) in [7, 11) is 3.24. The van der Waals surface area contributed by atoms with Gasteiger partial charge in [-0.15, -0.1) is 0 Å². The zero-order chi connectivity index (χ0) is 19.2. The minimum atomic E-state index is 0.147. The number of amides is 1. The number of carbonyl (C=O) groups is 1. The highest BCUT2D eigenvalue weighted by Gasteiger charge is 2.22. The number of piperazine rings is 1. The lowest BCUT2D eigenvalue weighted by molar-refractivity contribution is -0.132. The summed E-state index contributed by atoms with van der Waals surface area (Å²) < 4.78 is 10.6. The molecule has 0 saturated carbocycles. The Morgan fingerprint density at radius 3 is 2.44 bits per heavy atom. The quantitative estimate of drug-likeness (QED) is 0.786. The van der Waals surface area contributed by atoms with Crippen LogP contribution in [0.15, 0.2) is 42.5 Å². The molecule has 2 aromatic rings. The molecule has 1 amide bonds. The molecule has 144 valence electrons. The molecule has 0 spiro atoms. The minimum Gasteiger partial charge on any atom is -0.497 e. The number of carbonyl (C=O) groups excluding carboxylic acids is 1. The molecule has 0 N–H and O–H groups in total. The van der Waals surface area contributed by atoms with Crippen LogP contribution in [0.5, 0.6) is 11.5 Å². The highest BCUT2D eigenvalue weighted by molar-refractivity contribution is 5.79. The summed E-state index contributed by atoms with van der Waals surface area (Å²) in [5.74, 6) is 1.57. The molecule has 5 nitrogen and oxygen atoms in total. The van der Waals surface area contributed by atoms with Gasteiger partial charge in [0.25, 0.3) is 0 Å². The van der Waals surface area contributed by atoms with Crippen molar-refractivity contribution in [1.82, 2.24) is 9.80 Å². The van der Waals surface area contributed by atoms with E-state index < -0.39 is 0 Å². The third-order valence-corrected chi connectivity index (χ3v) is 5.05. The molecular weight excluding hydrogens is 340 g/mol. The molecule has 0 bridgehead atoms. The van der Waals surface area contributed by atoms with Crippen molar-refractivity contribution in [3.8, 4) is 11.5 Å². The fourth-order valence-corrected chi connectivity index (χ4v) is 3.50. The van der Waals surface area contributed by atoms with Crippen LogP contribution in [0.2, 0.25) is 0 Å². The second kappa shape index (κ2) is 8.91. The Kier molecular flexibility index (Phi) is 6.35. The molecule has 1 aliphatic heterocycles. The van der Waals surface area contributed by atoms with Crippen LogP contribution in [0, 0.1) is 6.92 Å². The van der Waals surface area contributed by atoms with E-state index in [9.17, 15) is 4.79 Å². The molecular formula is C22H28N2O3. The van der Waals surface area contributed by atoms with Crippen molar-refractivity contribution in [2.75, 3.05) is 40.4 Å². The summed E-state index contributed by atoms with van der Waals surface area (Å²) in [5, 5.41) is 0. The lowest BCUT2D eigenvalue weighted by atomic mass is 10.1. The van der Waals surface area contributed by atoms with Gasteiger partial charge in [0.05, 0.1) is 20.6 Å². The predicted octanol–water partition coefficient (Wildman–Crippen LogP) is 2.90. The molecule has 1 heterocycles. The van der Waals surface area contributed by atoms with Gasteiger partial charge in [-0.25, -0.2) is 0 Å². The van der Waals surface area contributed by atoms with Gasteiger partial charge >= 0.3 is 0 Å². The van der Waals surface area contributed by atoms with Gasteiger partial charge < -0.3 is 14.4 Å². The Bertz CT molecular complexity index is 783. The van der Waals surface area contributed by atoms with Gasteiger partial charge in [-0.05, 0) is 18.6 Å². The van der Waals surface area contributed by atoms with Crippen LogP contribution in [0.4, 0.5) is 0 Å². The first-order valence-corrected chi connectivity index (χ1v) is 9.35. The van der Waals surface area contributed by atoms with E-state index in [-0.39, 0.29) is 5.91 Å². The summed E-state index contributed by atoms with van der Waals surface area (Å²) in [4.78, 5) is 17.1. The van der Waals surface area contributed by atoms with E-state index in [1.165, 1.54) is 11.1 Å². The van der Waals surface area contributed by atoms with Crippen molar-refractivity contribution in [1.29, 1.82) is 0 Å². The molecule has 2 aromatic carbocycles. The zero-order valence-electron chi connectivity index (χ0n) is 16.4. The molecule has 3 rings (SSSR count). The zero-order valence-corrected chi connectivity index (χ0v) is 16.4. The normalized spacial score (nSPS) is 14.9. The van der Waals surface area contributed by atoms with Gasteiger partial charge in [0.1, 0.15) is 11.5 Å². The largest absolute Gasteiger partial charge is 0.497 e. The van der Waals surface area contributed by atoms with Crippen LogP contribution in [0.1, 0.15) is 16.7 Å². The molecule has 0 aromatic heterocycles. The summed E-state index contributed by atoms with van der Waals surface area (Å²) in [6.45, 7) is 6.40. The van der Waals surface area contributed by atoms with E-state index in [4.69, 9.17) is 9.47 Å². The van der Waals surface area contributed by atoms with Gasteiger partial charge in [0.2, 0.25) is 5.91 Å². The molecule has 27 heavy (non-hydrogen) atoms. The summed E-state index contributed by atoms with van der Waals surface area (Å²) in [6.07, 6.45) is 0.352. The smallest absolute Gasteiger partial charge is 0.227 e. The van der Waals surface area contributed by atoms with Crippen LogP contribution in [-0.4, -0.2) is 56.1 Å². The van der Waals surface area contributed by atoms with E-state index in [1.54, 1.807) is 14.2 Å². The van der Waals surface area contributed by atoms with Crippen molar-refractivity contribution in [2.24, 2.45) is 0 Å². The van der Waals surface area contributed by atoms with Gasteiger partial charge in [-0.3, -0.25) is 9.69 Å². The molecule has 0 unspecified atom stereocenters. The fourth-order valence-electron chi connectivity index (χ4n) is 3.50. The Hall–Kier alpha value is -2.53. The van der Waals surface area contributed by atoms with Gasteiger partial charge in [0.15, 0.2) is 0 Å². The second-order valence-electron chi connectivity index (χ2n) is 7.00. The fraction of sp³-hybridized carbons (Fsp3) is 0.409. The minimum absolute atomic E-state index is 0.147. The van der Waals surface area contributed by atoms with Crippen LogP contribution >= 0.6 is 0 Å². The standard InChI is InChI=1S/C22H28N2O3/c1-17-5-4-6-18(13-17)16-23-9-11-24(12-10-23)22(25)14-19-7-8-20(26-2)15-21(19)27-3/h4-8,13,15H,9-12,14,16H2,1-3H3. The highest BCUT2D eigenvalue weighted by atomic mass is 16.5. The number of ether oxygens (including phenoxy) is 2. The third-order valence-electron chi connectivity index (χ3n) is 5.05. The lowest BCUT2D eigenvalue weighted by Gasteiger charge is -2.35. The van der Waals surface area contributed by atoms with E-state index >= 15 is 0 Å². The molecule has 0 radical (unpaired) electrons. The number of rotatable bonds is 6. The van der Waals surface area contributed by atoms with Crippen molar-refractivity contribution >= 4 is 5.91 Å². The number of nitrogens with zero attached hydrogens (tertiary/aromatic N) is 2. The monoisotopic (exact) mass is 368 g/mol. The Balaban J connectivity index is 1.54. The topological polar surface area (TPSA) is 42.0 Å². The first kappa shape index (κ1) is 19.2. The first-order chi connectivity index (χ1) is 13.1. The van der Waals surface area contributed by atoms with Crippen molar-refractivity contribution < 1.29 is 14.3 Å². The van der Waals surface area contributed by atoms with Gasteiger partial charge in [-0.1, -0.05) is 35.9 Å². The number of methoxy groups -OCH3 is 2. The number of hydrogen-bond acceptors (Lipinski definition) is 4. The Morgan fingerprint density at radius 1 is 1.00 bits per heavy atom. The van der Waals surface area contributed by atoms with E-state index in [0.717, 1.165) is 44.0 Å². The van der Waals surface area contributed by atoms with Crippen molar-refractivity contribution in [2.45, 2.75) is 19.9 Å². The maximum absolute atomic E-state index is 12.7. The predicted molar refractivity (Wildman–Crippen MR) is 106 cm³/mol.